The van der Waals surface area contributed by atoms with Crippen LogP contribution in [0.2, 0.25) is 0 Å². The first-order valence-corrected chi connectivity index (χ1v) is 8.44. The molecule has 1 aliphatic rings. The first-order valence-electron chi connectivity index (χ1n) is 8.44. The summed E-state index contributed by atoms with van der Waals surface area (Å²) in [5.41, 5.74) is 0.876. The molecule has 4 rings (SSSR count). The minimum absolute atomic E-state index is 0.739. The number of rotatable bonds is 6. The fourth-order valence-corrected chi connectivity index (χ4v) is 3.48. The molecule has 0 N–H and O–H groups in total. The summed E-state index contributed by atoms with van der Waals surface area (Å²) in [6.45, 7) is 0.739. The molecular weight excluding hydrogens is 290 g/mol. The predicted molar refractivity (Wildman–Crippen MR) is 84.8 cm³/mol. The van der Waals surface area contributed by atoms with Crippen LogP contribution in [-0.4, -0.2) is 34.8 Å². The van der Waals surface area contributed by atoms with E-state index in [9.17, 15) is 0 Å². The van der Waals surface area contributed by atoms with Crippen LogP contribution in [0.4, 0.5) is 0 Å². The van der Waals surface area contributed by atoms with Crippen LogP contribution in [0.3, 0.4) is 0 Å². The van der Waals surface area contributed by atoms with Crippen LogP contribution in [-0.2, 0) is 19.4 Å². The van der Waals surface area contributed by atoms with Gasteiger partial charge in [0.1, 0.15) is 5.82 Å². The molecule has 0 bridgehead atoms. The summed E-state index contributed by atoms with van der Waals surface area (Å²) in [6, 6.07) is 5.92. The van der Waals surface area contributed by atoms with E-state index in [0.717, 1.165) is 42.6 Å². The van der Waals surface area contributed by atoms with E-state index in [1.165, 1.54) is 32.1 Å². The van der Waals surface area contributed by atoms with Crippen LogP contribution in [0.25, 0.3) is 5.65 Å². The van der Waals surface area contributed by atoms with Crippen LogP contribution in [0.1, 0.15) is 43.8 Å². The van der Waals surface area contributed by atoms with E-state index in [2.05, 4.69) is 25.7 Å². The number of fused-ring (bicyclic) bond motifs is 1. The Morgan fingerprint density at radius 1 is 1.00 bits per heavy atom. The molecule has 23 heavy (non-hydrogen) atoms. The second-order valence-corrected chi connectivity index (χ2v) is 6.30. The molecule has 0 spiro atoms. The number of hydrogen-bond donors (Lipinski definition) is 0. The third-order valence-electron chi connectivity index (χ3n) is 4.79. The number of aromatic nitrogens is 7. The standard InChI is InChI=1S/C16H21N7/c1-2-6-13(5-1)8-9-16-19-20-21-23(16)12-10-15-18-17-14-7-3-4-11-22(14)15/h3-4,7,11,13H,1-2,5-6,8-10,12H2. The molecule has 120 valence electrons. The van der Waals surface area contributed by atoms with E-state index in [-0.39, 0.29) is 0 Å². The highest BCUT2D eigenvalue weighted by atomic mass is 15.5. The Morgan fingerprint density at radius 2 is 1.91 bits per heavy atom. The van der Waals surface area contributed by atoms with Crippen molar-refractivity contribution in [1.82, 2.24) is 34.8 Å². The van der Waals surface area contributed by atoms with Gasteiger partial charge in [-0.1, -0.05) is 31.7 Å². The van der Waals surface area contributed by atoms with E-state index < -0.39 is 0 Å². The van der Waals surface area contributed by atoms with Gasteiger partial charge in [-0.2, -0.15) is 0 Å². The average Bonchev–Trinajstić information content (AvgIpc) is 3.31. The molecule has 0 amide bonds. The topological polar surface area (TPSA) is 73.8 Å². The molecular formula is C16H21N7. The highest BCUT2D eigenvalue weighted by Crippen LogP contribution is 2.28. The maximum atomic E-state index is 4.26. The van der Waals surface area contributed by atoms with Gasteiger partial charge < -0.3 is 0 Å². The minimum Gasteiger partial charge on any atom is -0.286 e. The smallest absolute Gasteiger partial charge is 0.160 e. The van der Waals surface area contributed by atoms with Gasteiger partial charge in [0.25, 0.3) is 0 Å². The van der Waals surface area contributed by atoms with Crippen molar-refractivity contribution in [2.45, 2.75) is 51.5 Å². The van der Waals surface area contributed by atoms with Crippen LogP contribution in [0, 0.1) is 5.92 Å². The lowest BCUT2D eigenvalue weighted by atomic mass is 10.0. The molecule has 3 heterocycles. The monoisotopic (exact) mass is 311 g/mol. The highest BCUT2D eigenvalue weighted by Gasteiger charge is 2.16. The zero-order valence-electron chi connectivity index (χ0n) is 13.2. The molecule has 0 aromatic carbocycles. The number of aryl methyl sites for hydroxylation is 3. The molecule has 0 unspecified atom stereocenters. The third kappa shape index (κ3) is 3.09. The third-order valence-corrected chi connectivity index (χ3v) is 4.79. The van der Waals surface area contributed by atoms with Gasteiger partial charge in [0, 0.05) is 19.0 Å². The highest BCUT2D eigenvalue weighted by molar-refractivity contribution is 5.36. The minimum atomic E-state index is 0.739. The molecule has 3 aromatic rings. The maximum Gasteiger partial charge on any atom is 0.160 e. The van der Waals surface area contributed by atoms with Gasteiger partial charge in [0.2, 0.25) is 0 Å². The number of tetrazole rings is 1. The van der Waals surface area contributed by atoms with Crippen molar-refractivity contribution in [1.29, 1.82) is 0 Å². The summed E-state index contributed by atoms with van der Waals surface area (Å²) in [4.78, 5) is 0. The lowest BCUT2D eigenvalue weighted by Crippen LogP contribution is -2.11. The summed E-state index contributed by atoms with van der Waals surface area (Å²) < 4.78 is 3.93. The summed E-state index contributed by atoms with van der Waals surface area (Å²) in [7, 11) is 0. The molecule has 0 aliphatic heterocycles. The molecule has 1 fully saturated rings. The Morgan fingerprint density at radius 3 is 2.83 bits per heavy atom. The number of hydrogen-bond acceptors (Lipinski definition) is 5. The Bertz CT molecular complexity index is 769. The van der Waals surface area contributed by atoms with E-state index in [1.807, 2.05) is 33.5 Å². The lowest BCUT2D eigenvalue weighted by molar-refractivity contribution is 0.477. The number of nitrogens with zero attached hydrogens (tertiary/aromatic N) is 7. The van der Waals surface area contributed by atoms with E-state index in [1.54, 1.807) is 0 Å². The van der Waals surface area contributed by atoms with Gasteiger partial charge in [-0.3, -0.25) is 4.40 Å². The van der Waals surface area contributed by atoms with Gasteiger partial charge >= 0.3 is 0 Å². The SMILES string of the molecule is c1ccn2c(CCn3nnnc3CCC3CCCC3)nnc2c1. The molecule has 1 saturated carbocycles. The summed E-state index contributed by atoms with van der Waals surface area (Å²) in [5, 5.41) is 20.6. The molecule has 7 heteroatoms. The van der Waals surface area contributed by atoms with Crippen molar-refractivity contribution in [3.63, 3.8) is 0 Å². The van der Waals surface area contributed by atoms with Crippen molar-refractivity contribution in [2.24, 2.45) is 5.92 Å². The first kappa shape index (κ1) is 14.3. The molecule has 1 aliphatic carbocycles. The molecule has 0 saturated heterocycles. The Labute approximate surface area is 134 Å². The van der Waals surface area contributed by atoms with Crippen molar-refractivity contribution < 1.29 is 0 Å². The molecule has 0 atom stereocenters. The van der Waals surface area contributed by atoms with Gasteiger partial charge in [0.15, 0.2) is 11.5 Å². The summed E-state index contributed by atoms with van der Waals surface area (Å²) in [6.07, 6.45) is 10.4. The normalized spacial score (nSPS) is 15.7. The zero-order valence-corrected chi connectivity index (χ0v) is 13.2. The van der Waals surface area contributed by atoms with Crippen molar-refractivity contribution in [3.05, 3.63) is 36.0 Å². The average molecular weight is 311 g/mol. The van der Waals surface area contributed by atoms with Crippen LogP contribution in [0.15, 0.2) is 24.4 Å². The fraction of sp³-hybridized carbons (Fsp3) is 0.562. The molecule has 0 radical (unpaired) electrons. The van der Waals surface area contributed by atoms with Crippen molar-refractivity contribution in [3.8, 4) is 0 Å². The van der Waals surface area contributed by atoms with Crippen LogP contribution < -0.4 is 0 Å². The summed E-state index contributed by atoms with van der Waals surface area (Å²) >= 11 is 0. The van der Waals surface area contributed by atoms with E-state index in [4.69, 9.17) is 0 Å². The second kappa shape index (κ2) is 6.44. The van der Waals surface area contributed by atoms with E-state index >= 15 is 0 Å². The largest absolute Gasteiger partial charge is 0.286 e. The molecule has 3 aromatic heterocycles. The number of pyridine rings is 1. The maximum absolute atomic E-state index is 4.26. The second-order valence-electron chi connectivity index (χ2n) is 6.30. The quantitative estimate of drug-likeness (QED) is 0.697. The van der Waals surface area contributed by atoms with Crippen molar-refractivity contribution >= 4 is 5.65 Å². The van der Waals surface area contributed by atoms with Gasteiger partial charge in [-0.15, -0.1) is 15.3 Å². The van der Waals surface area contributed by atoms with Gasteiger partial charge in [-0.25, -0.2) is 4.68 Å². The summed E-state index contributed by atoms with van der Waals surface area (Å²) in [5.74, 6) is 2.80. The van der Waals surface area contributed by atoms with Crippen LogP contribution >= 0.6 is 0 Å². The van der Waals surface area contributed by atoms with E-state index in [0.29, 0.717) is 0 Å². The lowest BCUT2D eigenvalue weighted by Gasteiger charge is -2.08. The zero-order chi connectivity index (χ0) is 15.5. The fourth-order valence-electron chi connectivity index (χ4n) is 3.48. The predicted octanol–water partition coefficient (Wildman–Crippen LogP) is 2.08. The Kier molecular flexibility index (Phi) is 4.00. The Balaban J connectivity index is 1.40. The van der Waals surface area contributed by atoms with Crippen LogP contribution in [0.5, 0.6) is 0 Å². The van der Waals surface area contributed by atoms with Gasteiger partial charge in [0.05, 0.1) is 6.54 Å². The van der Waals surface area contributed by atoms with Gasteiger partial charge in [-0.05, 0) is 34.9 Å². The Hall–Kier alpha value is -2.31. The van der Waals surface area contributed by atoms with Crippen molar-refractivity contribution in [2.75, 3.05) is 0 Å². The first-order chi connectivity index (χ1) is 11.4. The molecule has 7 nitrogen and oxygen atoms in total.